The van der Waals surface area contributed by atoms with Crippen molar-refractivity contribution in [3.05, 3.63) is 47.0 Å². The van der Waals surface area contributed by atoms with Crippen LogP contribution in [-0.4, -0.2) is 20.5 Å². The normalized spacial score (nSPS) is 10.3. The van der Waals surface area contributed by atoms with Crippen LogP contribution in [0.25, 0.3) is 0 Å². The van der Waals surface area contributed by atoms with Gasteiger partial charge in [-0.25, -0.2) is 9.67 Å². The highest BCUT2D eigenvalue weighted by Gasteiger charge is 2.16. The third kappa shape index (κ3) is 1.76. The fourth-order valence-corrected chi connectivity index (χ4v) is 1.49. The van der Waals surface area contributed by atoms with Gasteiger partial charge in [0, 0.05) is 12.6 Å². The number of carbonyl (C=O) groups excluding carboxylic acids is 1. The fraction of sp³-hybridized carbons (Fsp3) is 0.100. The lowest BCUT2D eigenvalue weighted by Crippen LogP contribution is -2.10. The maximum absolute atomic E-state index is 11.9. The Balaban J connectivity index is 2.46. The molecule has 0 saturated carbocycles. The molecule has 0 bridgehead atoms. The minimum Gasteiger partial charge on any atom is -0.285 e. The molecule has 0 aliphatic carbocycles. The van der Waals surface area contributed by atoms with Crippen molar-refractivity contribution < 1.29 is 4.79 Å². The molecule has 0 N–H and O–H groups in total. The predicted molar refractivity (Wildman–Crippen MR) is 55.9 cm³/mol. The Hall–Kier alpha value is -1.68. The van der Waals surface area contributed by atoms with E-state index in [9.17, 15) is 4.79 Å². The van der Waals surface area contributed by atoms with Crippen LogP contribution < -0.4 is 0 Å². The van der Waals surface area contributed by atoms with E-state index in [-0.39, 0.29) is 11.6 Å². The van der Waals surface area contributed by atoms with E-state index in [0.29, 0.717) is 10.6 Å². The molecule has 2 aromatic rings. The summed E-state index contributed by atoms with van der Waals surface area (Å²) < 4.78 is 1.42. The molecule has 0 amide bonds. The molecule has 1 aromatic heterocycles. The molecule has 0 atom stereocenters. The molecular formula is C10H8ClN3O. The lowest BCUT2D eigenvalue weighted by Gasteiger charge is -2.01. The SMILES string of the molecule is Cn1ncnc1C(=O)c1ccccc1Cl. The lowest BCUT2D eigenvalue weighted by molar-refractivity contribution is 0.102. The molecule has 15 heavy (non-hydrogen) atoms. The zero-order valence-corrected chi connectivity index (χ0v) is 8.77. The molecular weight excluding hydrogens is 214 g/mol. The summed E-state index contributed by atoms with van der Waals surface area (Å²) in [4.78, 5) is 15.8. The van der Waals surface area contributed by atoms with Crippen LogP contribution in [0.15, 0.2) is 30.6 Å². The van der Waals surface area contributed by atoms with Gasteiger partial charge in [0.2, 0.25) is 5.78 Å². The van der Waals surface area contributed by atoms with E-state index in [0.717, 1.165) is 0 Å². The van der Waals surface area contributed by atoms with Gasteiger partial charge >= 0.3 is 0 Å². The van der Waals surface area contributed by atoms with Crippen molar-refractivity contribution in [2.45, 2.75) is 0 Å². The first-order chi connectivity index (χ1) is 7.20. The number of ketones is 1. The molecule has 0 saturated heterocycles. The zero-order valence-electron chi connectivity index (χ0n) is 8.01. The number of aryl methyl sites for hydroxylation is 1. The van der Waals surface area contributed by atoms with Crippen LogP contribution in [0.3, 0.4) is 0 Å². The van der Waals surface area contributed by atoms with Gasteiger partial charge in [0.05, 0.1) is 5.02 Å². The molecule has 5 heteroatoms. The van der Waals surface area contributed by atoms with Crippen molar-refractivity contribution in [1.29, 1.82) is 0 Å². The standard InChI is InChI=1S/C10H8ClN3O/c1-14-10(12-6-13-14)9(15)7-4-2-3-5-8(7)11/h2-6H,1H3. The van der Waals surface area contributed by atoms with E-state index in [1.807, 2.05) is 0 Å². The topological polar surface area (TPSA) is 47.8 Å². The zero-order chi connectivity index (χ0) is 10.8. The number of halogens is 1. The number of aromatic nitrogens is 3. The molecule has 2 rings (SSSR count). The summed E-state index contributed by atoms with van der Waals surface area (Å²) in [7, 11) is 1.66. The van der Waals surface area contributed by atoms with E-state index in [4.69, 9.17) is 11.6 Å². The minimum atomic E-state index is -0.222. The Labute approximate surface area is 91.5 Å². The largest absolute Gasteiger partial charge is 0.285 e. The second-order valence-corrected chi connectivity index (χ2v) is 3.42. The van der Waals surface area contributed by atoms with Gasteiger partial charge in [0.1, 0.15) is 6.33 Å². The summed E-state index contributed by atoms with van der Waals surface area (Å²) in [5.74, 6) is 0.0590. The van der Waals surface area contributed by atoms with Crippen molar-refractivity contribution in [2.24, 2.45) is 7.05 Å². The molecule has 1 aromatic carbocycles. The Morgan fingerprint density at radius 3 is 2.73 bits per heavy atom. The number of hydrogen-bond donors (Lipinski definition) is 0. The fourth-order valence-electron chi connectivity index (χ4n) is 1.27. The van der Waals surface area contributed by atoms with Gasteiger partial charge in [-0.05, 0) is 12.1 Å². The molecule has 4 nitrogen and oxygen atoms in total. The highest BCUT2D eigenvalue weighted by Crippen LogP contribution is 2.17. The molecule has 0 spiro atoms. The molecule has 0 radical (unpaired) electrons. The predicted octanol–water partition coefficient (Wildman–Crippen LogP) is 1.70. The molecule has 0 unspecified atom stereocenters. The van der Waals surface area contributed by atoms with E-state index in [2.05, 4.69) is 10.1 Å². The van der Waals surface area contributed by atoms with Gasteiger partial charge < -0.3 is 0 Å². The second-order valence-electron chi connectivity index (χ2n) is 3.02. The van der Waals surface area contributed by atoms with Crippen molar-refractivity contribution in [3.63, 3.8) is 0 Å². The van der Waals surface area contributed by atoms with Gasteiger partial charge in [-0.15, -0.1) is 0 Å². The van der Waals surface area contributed by atoms with Crippen LogP contribution in [-0.2, 0) is 7.05 Å². The highest BCUT2D eigenvalue weighted by atomic mass is 35.5. The number of hydrogen-bond acceptors (Lipinski definition) is 3. The number of rotatable bonds is 2. The van der Waals surface area contributed by atoms with Crippen LogP contribution in [0.1, 0.15) is 16.2 Å². The first-order valence-electron chi connectivity index (χ1n) is 4.33. The lowest BCUT2D eigenvalue weighted by atomic mass is 10.1. The molecule has 1 heterocycles. The van der Waals surface area contributed by atoms with Gasteiger partial charge in [0.15, 0.2) is 5.82 Å². The smallest absolute Gasteiger partial charge is 0.231 e. The summed E-state index contributed by atoms with van der Waals surface area (Å²) in [5.41, 5.74) is 0.440. The first kappa shape index (κ1) is 9.86. The molecule has 0 aliphatic rings. The average Bonchev–Trinajstić information content (AvgIpc) is 2.64. The van der Waals surface area contributed by atoms with E-state index >= 15 is 0 Å². The van der Waals surface area contributed by atoms with Crippen LogP contribution in [0.5, 0.6) is 0 Å². The summed E-state index contributed by atoms with van der Waals surface area (Å²) in [5, 5.41) is 4.26. The average molecular weight is 222 g/mol. The summed E-state index contributed by atoms with van der Waals surface area (Å²) in [6.45, 7) is 0. The maximum atomic E-state index is 11.9. The second kappa shape index (κ2) is 3.82. The molecule has 0 fully saturated rings. The van der Waals surface area contributed by atoms with Crippen LogP contribution in [0.2, 0.25) is 5.02 Å². The Bertz CT molecular complexity index is 507. The molecule has 76 valence electrons. The quantitative estimate of drug-likeness (QED) is 0.726. The minimum absolute atomic E-state index is 0.222. The van der Waals surface area contributed by atoms with Gasteiger partial charge in [-0.3, -0.25) is 4.79 Å². The van der Waals surface area contributed by atoms with Crippen molar-refractivity contribution in [3.8, 4) is 0 Å². The van der Waals surface area contributed by atoms with E-state index in [1.54, 1.807) is 31.3 Å². The van der Waals surface area contributed by atoms with E-state index in [1.165, 1.54) is 11.0 Å². The summed E-state index contributed by atoms with van der Waals surface area (Å²) in [6.07, 6.45) is 1.34. The summed E-state index contributed by atoms with van der Waals surface area (Å²) in [6, 6.07) is 6.87. The number of carbonyl (C=O) groups is 1. The van der Waals surface area contributed by atoms with Gasteiger partial charge in [-0.1, -0.05) is 23.7 Å². The Kier molecular flexibility index (Phi) is 2.51. The monoisotopic (exact) mass is 221 g/mol. The first-order valence-corrected chi connectivity index (χ1v) is 4.71. The Morgan fingerprint density at radius 1 is 1.40 bits per heavy atom. The number of benzene rings is 1. The third-order valence-corrected chi connectivity index (χ3v) is 2.36. The highest BCUT2D eigenvalue weighted by molar-refractivity contribution is 6.34. The van der Waals surface area contributed by atoms with Crippen molar-refractivity contribution in [2.75, 3.05) is 0 Å². The van der Waals surface area contributed by atoms with Gasteiger partial charge in [-0.2, -0.15) is 5.10 Å². The van der Waals surface area contributed by atoms with E-state index < -0.39 is 0 Å². The van der Waals surface area contributed by atoms with Crippen LogP contribution in [0.4, 0.5) is 0 Å². The van der Waals surface area contributed by atoms with Crippen LogP contribution >= 0.6 is 11.6 Å². The third-order valence-electron chi connectivity index (χ3n) is 2.03. The van der Waals surface area contributed by atoms with Crippen molar-refractivity contribution >= 4 is 17.4 Å². The van der Waals surface area contributed by atoms with Gasteiger partial charge in [0.25, 0.3) is 0 Å². The maximum Gasteiger partial charge on any atom is 0.231 e. The Morgan fingerprint density at radius 2 is 2.13 bits per heavy atom. The number of nitrogens with zero attached hydrogens (tertiary/aromatic N) is 3. The molecule has 0 aliphatic heterocycles. The summed E-state index contributed by atoms with van der Waals surface area (Å²) >= 11 is 5.91. The van der Waals surface area contributed by atoms with Crippen LogP contribution in [0, 0.1) is 0 Å². The van der Waals surface area contributed by atoms with Crippen molar-refractivity contribution in [1.82, 2.24) is 14.8 Å².